The van der Waals surface area contributed by atoms with Crippen LogP contribution < -0.4 is 10.0 Å². The van der Waals surface area contributed by atoms with Crippen molar-refractivity contribution >= 4 is 33.2 Å². The van der Waals surface area contributed by atoms with Crippen LogP contribution in [0.5, 0.6) is 0 Å². The van der Waals surface area contributed by atoms with Crippen molar-refractivity contribution in [3.63, 3.8) is 0 Å². The van der Waals surface area contributed by atoms with Crippen molar-refractivity contribution in [3.05, 3.63) is 33.8 Å². The number of halogens is 2. The van der Waals surface area contributed by atoms with Crippen molar-refractivity contribution in [2.75, 3.05) is 32.5 Å². The zero-order valence-electron chi connectivity index (χ0n) is 12.5. The molecule has 2 N–H and O–H groups in total. The Labute approximate surface area is 141 Å². The van der Waals surface area contributed by atoms with Gasteiger partial charge in [-0.05, 0) is 17.7 Å². The van der Waals surface area contributed by atoms with Crippen molar-refractivity contribution < 1.29 is 13.2 Å². The third-order valence-corrected chi connectivity index (χ3v) is 5.12. The monoisotopic (exact) mass is 366 g/mol. The molecule has 1 aliphatic heterocycles. The molecule has 0 aromatic heterocycles. The van der Waals surface area contributed by atoms with Crippen LogP contribution in [0.15, 0.2) is 18.2 Å². The number of benzene rings is 1. The zero-order chi connectivity index (χ0) is 16.4. The lowest BCUT2D eigenvalue weighted by Gasteiger charge is -2.36. The van der Waals surface area contributed by atoms with Crippen LogP contribution in [0.3, 0.4) is 0 Å². The van der Waals surface area contributed by atoms with Crippen LogP contribution in [0.1, 0.15) is 18.6 Å². The fourth-order valence-corrected chi connectivity index (χ4v) is 3.44. The first-order valence-electron chi connectivity index (χ1n) is 6.93. The van der Waals surface area contributed by atoms with Crippen LogP contribution in [0, 0.1) is 5.41 Å². The summed E-state index contributed by atoms with van der Waals surface area (Å²) in [6, 6.07) is 5.37. The fraction of sp³-hybridized carbons (Fsp3) is 0.571. The predicted molar refractivity (Wildman–Crippen MR) is 89.0 cm³/mol. The SMILES string of the molecule is C[C@]1(CNS(C)(=O)=O)CNCCOC1c1ccc(Cl)c(Cl)c1. The largest absolute Gasteiger partial charge is 0.372 e. The summed E-state index contributed by atoms with van der Waals surface area (Å²) in [5.74, 6) is 0. The molecule has 1 fully saturated rings. The van der Waals surface area contributed by atoms with E-state index in [4.69, 9.17) is 27.9 Å². The molecule has 1 unspecified atom stereocenters. The van der Waals surface area contributed by atoms with Crippen LogP contribution in [0.2, 0.25) is 10.0 Å². The van der Waals surface area contributed by atoms with Crippen LogP contribution in [-0.4, -0.2) is 40.9 Å². The van der Waals surface area contributed by atoms with E-state index in [0.29, 0.717) is 29.7 Å². The summed E-state index contributed by atoms with van der Waals surface area (Å²) in [4.78, 5) is 0. The molecule has 1 saturated heterocycles. The summed E-state index contributed by atoms with van der Waals surface area (Å²) in [5.41, 5.74) is 0.437. The van der Waals surface area contributed by atoms with E-state index in [1.54, 1.807) is 12.1 Å². The Balaban J connectivity index is 2.32. The van der Waals surface area contributed by atoms with Gasteiger partial charge in [-0.2, -0.15) is 0 Å². The lowest BCUT2D eigenvalue weighted by atomic mass is 9.80. The molecular weight excluding hydrogens is 347 g/mol. The molecule has 8 heteroatoms. The molecule has 0 aliphatic carbocycles. The van der Waals surface area contributed by atoms with E-state index in [1.807, 2.05) is 13.0 Å². The third-order valence-electron chi connectivity index (χ3n) is 3.71. The minimum Gasteiger partial charge on any atom is -0.372 e. The van der Waals surface area contributed by atoms with Gasteiger partial charge >= 0.3 is 0 Å². The number of hydrogen-bond acceptors (Lipinski definition) is 4. The molecule has 1 aliphatic rings. The van der Waals surface area contributed by atoms with Crippen LogP contribution >= 0.6 is 23.2 Å². The van der Waals surface area contributed by atoms with Gasteiger partial charge in [0.15, 0.2) is 0 Å². The van der Waals surface area contributed by atoms with Gasteiger partial charge in [-0.25, -0.2) is 13.1 Å². The van der Waals surface area contributed by atoms with Crippen molar-refractivity contribution in [1.29, 1.82) is 0 Å². The second-order valence-corrected chi connectivity index (χ2v) is 8.50. The van der Waals surface area contributed by atoms with Crippen molar-refractivity contribution in [2.45, 2.75) is 13.0 Å². The second kappa shape index (κ2) is 7.03. The summed E-state index contributed by atoms with van der Waals surface area (Å²) in [6.07, 6.45) is 0.863. The summed E-state index contributed by atoms with van der Waals surface area (Å²) in [7, 11) is -3.27. The first kappa shape index (κ1) is 18.0. The Morgan fingerprint density at radius 2 is 2.14 bits per heavy atom. The summed E-state index contributed by atoms with van der Waals surface area (Å²) >= 11 is 12.1. The number of nitrogens with one attached hydrogen (secondary N) is 2. The van der Waals surface area contributed by atoms with Gasteiger partial charge in [-0.3, -0.25) is 0 Å². The Kier molecular flexibility index (Phi) is 5.74. The average Bonchev–Trinajstić information content (AvgIpc) is 2.62. The maximum Gasteiger partial charge on any atom is 0.208 e. The lowest BCUT2D eigenvalue weighted by Crippen LogP contribution is -2.44. The number of hydrogen-bond donors (Lipinski definition) is 2. The van der Waals surface area contributed by atoms with Gasteiger partial charge in [-0.15, -0.1) is 0 Å². The average molecular weight is 367 g/mol. The van der Waals surface area contributed by atoms with Crippen LogP contribution in [0.25, 0.3) is 0 Å². The molecular formula is C14H20Cl2N2O3S. The van der Waals surface area contributed by atoms with Crippen molar-refractivity contribution in [2.24, 2.45) is 5.41 Å². The smallest absolute Gasteiger partial charge is 0.208 e. The van der Waals surface area contributed by atoms with Gasteiger partial charge in [0.05, 0.1) is 29.0 Å². The Hall–Kier alpha value is -0.370. The van der Waals surface area contributed by atoms with Gasteiger partial charge in [0.2, 0.25) is 10.0 Å². The summed E-state index contributed by atoms with van der Waals surface area (Å²) < 4.78 is 31.4. The van der Waals surface area contributed by atoms with E-state index in [0.717, 1.165) is 11.8 Å². The molecule has 1 aromatic carbocycles. The molecule has 124 valence electrons. The van der Waals surface area contributed by atoms with Gasteiger partial charge in [0, 0.05) is 25.0 Å². The second-order valence-electron chi connectivity index (χ2n) is 5.85. The van der Waals surface area contributed by atoms with Gasteiger partial charge in [0.25, 0.3) is 0 Å². The highest BCUT2D eigenvalue weighted by atomic mass is 35.5. The Morgan fingerprint density at radius 1 is 1.41 bits per heavy atom. The number of rotatable bonds is 4. The Morgan fingerprint density at radius 3 is 2.77 bits per heavy atom. The first-order valence-corrected chi connectivity index (χ1v) is 9.58. The standard InChI is InChI=1S/C14H20Cl2N2O3S/c1-14(9-18-22(2,19)20)8-17-5-6-21-13(14)10-3-4-11(15)12(16)7-10/h3-4,7,13,17-18H,5-6,8-9H2,1-2H3/t13?,14-/m1/s1. The molecule has 0 saturated carbocycles. The fourth-order valence-electron chi connectivity index (χ4n) is 2.54. The van der Waals surface area contributed by atoms with Gasteiger partial charge in [0.1, 0.15) is 0 Å². The maximum absolute atomic E-state index is 11.4. The summed E-state index contributed by atoms with van der Waals surface area (Å²) in [5, 5.41) is 4.22. The van der Waals surface area contributed by atoms with E-state index in [9.17, 15) is 8.42 Å². The highest BCUT2D eigenvalue weighted by molar-refractivity contribution is 7.88. The van der Waals surface area contributed by atoms with Crippen molar-refractivity contribution in [1.82, 2.24) is 10.0 Å². The lowest BCUT2D eigenvalue weighted by molar-refractivity contribution is -0.0121. The van der Waals surface area contributed by atoms with Crippen LogP contribution in [0.4, 0.5) is 0 Å². The maximum atomic E-state index is 11.4. The van der Waals surface area contributed by atoms with E-state index in [1.165, 1.54) is 0 Å². The molecule has 0 bridgehead atoms. The van der Waals surface area contributed by atoms with E-state index in [-0.39, 0.29) is 12.6 Å². The highest BCUT2D eigenvalue weighted by Gasteiger charge is 2.38. The normalized spacial score (nSPS) is 26.6. The first-order chi connectivity index (χ1) is 10.2. The quantitative estimate of drug-likeness (QED) is 0.856. The molecule has 0 amide bonds. The van der Waals surface area contributed by atoms with Crippen molar-refractivity contribution in [3.8, 4) is 0 Å². The predicted octanol–water partition coefficient (Wildman–Crippen LogP) is 2.21. The number of sulfonamides is 1. The topological polar surface area (TPSA) is 67.4 Å². The molecule has 2 rings (SSSR count). The van der Waals surface area contributed by atoms with E-state index < -0.39 is 15.4 Å². The summed E-state index contributed by atoms with van der Waals surface area (Å²) in [6.45, 7) is 4.13. The highest BCUT2D eigenvalue weighted by Crippen LogP contribution is 2.39. The molecule has 2 atom stereocenters. The molecule has 1 aromatic rings. The molecule has 1 heterocycles. The minimum absolute atomic E-state index is 0.268. The van der Waals surface area contributed by atoms with E-state index >= 15 is 0 Å². The van der Waals surface area contributed by atoms with Gasteiger partial charge in [-0.1, -0.05) is 36.2 Å². The number of ether oxygens (including phenoxy) is 1. The molecule has 22 heavy (non-hydrogen) atoms. The van der Waals surface area contributed by atoms with Gasteiger partial charge < -0.3 is 10.1 Å². The molecule has 5 nitrogen and oxygen atoms in total. The zero-order valence-corrected chi connectivity index (χ0v) is 14.9. The molecule has 0 spiro atoms. The third kappa shape index (κ3) is 4.57. The van der Waals surface area contributed by atoms with E-state index in [2.05, 4.69) is 10.0 Å². The minimum atomic E-state index is -3.27. The molecule has 0 radical (unpaired) electrons. The van der Waals surface area contributed by atoms with Crippen LogP contribution in [-0.2, 0) is 14.8 Å². The Bertz CT molecular complexity index is 639.